The number of hydrogen-bond acceptors (Lipinski definition) is 17. The highest BCUT2D eigenvalue weighted by atomic mass is 16.8. The average molecular weight is 575 g/mol. The van der Waals surface area contributed by atoms with E-state index >= 15 is 0 Å². The average Bonchev–Trinajstić information content (AvgIpc) is 2.90. The van der Waals surface area contributed by atoms with Crippen LogP contribution >= 0.6 is 0 Å². The predicted molar refractivity (Wildman–Crippen MR) is 119 cm³/mol. The minimum absolute atomic E-state index is 0.357. The number of aliphatic hydroxyl groups is 10. The lowest BCUT2D eigenvalue weighted by molar-refractivity contribution is -0.378. The molecule has 228 valence electrons. The van der Waals surface area contributed by atoms with Crippen molar-refractivity contribution in [1.82, 2.24) is 0 Å². The molecule has 0 aliphatic carbocycles. The SMILES string of the molecule is C[C@@H]1O[C@@H](O[C@@H]2[C@@H](O)[C@H](O[C@@H]3[C@@H](O)[C@H](C)O[C@@H](O[C@@H]4[C@@H](O)[C@H](O)CO[C@H]4O)[C@@H]3O)OC[C@H]2O)[C@H](O)[C@H](O)[C@H]1O. The second kappa shape index (κ2) is 12.7. The molecule has 0 radical (unpaired) electrons. The Morgan fingerprint density at radius 1 is 0.462 bits per heavy atom. The van der Waals surface area contributed by atoms with Gasteiger partial charge in [-0.1, -0.05) is 0 Å². The van der Waals surface area contributed by atoms with Crippen LogP contribution < -0.4 is 0 Å². The van der Waals surface area contributed by atoms with E-state index < -0.39 is 117 Å². The zero-order valence-corrected chi connectivity index (χ0v) is 21.1. The molecule has 0 bridgehead atoms. The molecule has 4 fully saturated rings. The van der Waals surface area contributed by atoms with Gasteiger partial charge in [-0.25, -0.2) is 0 Å². The molecule has 0 saturated carbocycles. The molecule has 10 N–H and O–H groups in total. The molecule has 39 heavy (non-hydrogen) atoms. The van der Waals surface area contributed by atoms with Crippen LogP contribution in [0.25, 0.3) is 0 Å². The van der Waals surface area contributed by atoms with Gasteiger partial charge in [0.25, 0.3) is 0 Å². The smallest absolute Gasteiger partial charge is 0.187 e. The quantitative estimate of drug-likeness (QED) is 0.141. The Balaban J connectivity index is 1.43. The third kappa shape index (κ3) is 6.40. The maximum Gasteiger partial charge on any atom is 0.187 e. The fraction of sp³-hybridized carbons (Fsp3) is 1.00. The summed E-state index contributed by atoms with van der Waals surface area (Å²) < 4.78 is 37.8. The molecule has 4 aliphatic rings. The van der Waals surface area contributed by atoms with Crippen molar-refractivity contribution in [2.24, 2.45) is 0 Å². The fourth-order valence-corrected chi connectivity index (χ4v) is 4.85. The van der Waals surface area contributed by atoms with Gasteiger partial charge in [-0.15, -0.1) is 0 Å². The van der Waals surface area contributed by atoms with E-state index in [4.69, 9.17) is 33.2 Å². The highest BCUT2D eigenvalue weighted by Crippen LogP contribution is 2.32. The van der Waals surface area contributed by atoms with Gasteiger partial charge in [0, 0.05) is 0 Å². The summed E-state index contributed by atoms with van der Waals surface area (Å²) in [6.45, 7) is 2.03. The van der Waals surface area contributed by atoms with Crippen molar-refractivity contribution in [2.75, 3.05) is 13.2 Å². The summed E-state index contributed by atoms with van der Waals surface area (Å²) in [5, 5.41) is 103. The van der Waals surface area contributed by atoms with Gasteiger partial charge in [-0.2, -0.15) is 0 Å². The highest BCUT2D eigenvalue weighted by molar-refractivity contribution is 4.94. The van der Waals surface area contributed by atoms with Gasteiger partial charge in [-0.05, 0) is 13.8 Å². The third-order valence-electron chi connectivity index (χ3n) is 7.34. The minimum Gasteiger partial charge on any atom is -0.388 e. The lowest BCUT2D eigenvalue weighted by Gasteiger charge is -2.47. The molecule has 0 spiro atoms. The summed E-state index contributed by atoms with van der Waals surface area (Å²) in [7, 11) is 0. The van der Waals surface area contributed by atoms with Crippen LogP contribution in [-0.2, 0) is 33.2 Å². The molecule has 4 heterocycles. The molecule has 0 aromatic heterocycles. The lowest BCUT2D eigenvalue weighted by atomic mass is 9.98. The first kappa shape index (κ1) is 31.3. The predicted octanol–water partition coefficient (Wildman–Crippen LogP) is -6.42. The molecular weight excluding hydrogens is 536 g/mol. The van der Waals surface area contributed by atoms with Crippen LogP contribution in [0.1, 0.15) is 13.8 Å². The van der Waals surface area contributed by atoms with Gasteiger partial charge in [-0.3, -0.25) is 0 Å². The molecule has 0 aromatic rings. The molecule has 18 atom stereocenters. The van der Waals surface area contributed by atoms with Crippen LogP contribution in [0, 0.1) is 0 Å². The second-order valence-corrected chi connectivity index (χ2v) is 10.2. The van der Waals surface area contributed by atoms with Crippen molar-refractivity contribution in [2.45, 2.75) is 124 Å². The van der Waals surface area contributed by atoms with Gasteiger partial charge >= 0.3 is 0 Å². The summed E-state index contributed by atoms with van der Waals surface area (Å²) in [6, 6.07) is 0. The van der Waals surface area contributed by atoms with Gasteiger partial charge in [0.05, 0.1) is 25.4 Å². The van der Waals surface area contributed by atoms with Crippen LogP contribution in [0.2, 0.25) is 0 Å². The summed E-state index contributed by atoms with van der Waals surface area (Å²) in [4.78, 5) is 0. The Hall–Kier alpha value is -0.680. The molecule has 4 rings (SSSR count). The van der Waals surface area contributed by atoms with Crippen molar-refractivity contribution < 1.29 is 84.2 Å². The minimum atomic E-state index is -1.78. The van der Waals surface area contributed by atoms with Crippen LogP contribution in [0.15, 0.2) is 0 Å². The molecule has 17 heteroatoms. The van der Waals surface area contributed by atoms with Crippen molar-refractivity contribution in [3.63, 3.8) is 0 Å². The first-order valence-electron chi connectivity index (χ1n) is 12.6. The van der Waals surface area contributed by atoms with Crippen molar-refractivity contribution in [3.05, 3.63) is 0 Å². The maximum atomic E-state index is 10.9. The van der Waals surface area contributed by atoms with E-state index in [9.17, 15) is 51.1 Å². The van der Waals surface area contributed by atoms with Gasteiger partial charge < -0.3 is 84.2 Å². The summed E-state index contributed by atoms with van der Waals surface area (Å²) in [5.74, 6) is 0. The van der Waals surface area contributed by atoms with E-state index in [1.165, 1.54) is 13.8 Å². The summed E-state index contributed by atoms with van der Waals surface area (Å²) in [6.07, 6.45) is -27.2. The Labute approximate surface area is 222 Å². The number of ether oxygens (including phenoxy) is 7. The number of aliphatic hydroxyl groups excluding tert-OH is 10. The monoisotopic (exact) mass is 574 g/mol. The van der Waals surface area contributed by atoms with Gasteiger partial charge in [0.15, 0.2) is 25.2 Å². The van der Waals surface area contributed by atoms with Crippen LogP contribution in [0.4, 0.5) is 0 Å². The molecule has 4 saturated heterocycles. The van der Waals surface area contributed by atoms with E-state index in [1.807, 2.05) is 0 Å². The molecule has 0 amide bonds. The molecule has 17 nitrogen and oxygen atoms in total. The third-order valence-corrected chi connectivity index (χ3v) is 7.34. The highest BCUT2D eigenvalue weighted by Gasteiger charge is 2.52. The van der Waals surface area contributed by atoms with Crippen molar-refractivity contribution in [1.29, 1.82) is 0 Å². The lowest BCUT2D eigenvalue weighted by Crippen LogP contribution is -2.65. The Bertz CT molecular complexity index is 792. The maximum absolute atomic E-state index is 10.9. The van der Waals surface area contributed by atoms with E-state index in [0.29, 0.717) is 0 Å². The Morgan fingerprint density at radius 3 is 1.64 bits per heavy atom. The fourth-order valence-electron chi connectivity index (χ4n) is 4.85. The van der Waals surface area contributed by atoms with Gasteiger partial charge in [0.1, 0.15) is 73.2 Å². The van der Waals surface area contributed by atoms with Crippen molar-refractivity contribution in [3.8, 4) is 0 Å². The van der Waals surface area contributed by atoms with E-state index in [2.05, 4.69) is 0 Å². The second-order valence-electron chi connectivity index (χ2n) is 10.2. The first-order chi connectivity index (χ1) is 18.3. The normalized spacial score (nSPS) is 55.4. The number of hydrogen-bond donors (Lipinski definition) is 10. The Morgan fingerprint density at radius 2 is 0.974 bits per heavy atom. The molecule has 0 aromatic carbocycles. The van der Waals surface area contributed by atoms with E-state index in [1.54, 1.807) is 0 Å². The largest absolute Gasteiger partial charge is 0.388 e. The zero-order chi connectivity index (χ0) is 28.8. The van der Waals surface area contributed by atoms with Crippen LogP contribution in [-0.4, -0.2) is 175 Å². The summed E-state index contributed by atoms with van der Waals surface area (Å²) in [5.41, 5.74) is 0. The number of rotatable bonds is 6. The topological polar surface area (TPSA) is 267 Å². The van der Waals surface area contributed by atoms with E-state index in [0.717, 1.165) is 0 Å². The molecular formula is C22H38O17. The zero-order valence-electron chi connectivity index (χ0n) is 21.1. The Kier molecular flexibility index (Phi) is 10.2. The standard InChI is InChI=1S/C22H38O17/c1-5-9(25)12(28)13(29)21(35-5)37-16-8(24)4-34-20(14(16)30)38-17-10(26)6(2)36-22(15(17)31)39-18-11(27)7(23)3-33-19(18)32/h5-32H,3-4H2,1-2H3/t5-,6-,7+,8+,9-,10-,11-,12+,13+,14+,15+,16-,17+,18+,19+,20-,21-,22-/m0/s1. The molecule has 0 unspecified atom stereocenters. The summed E-state index contributed by atoms with van der Waals surface area (Å²) >= 11 is 0. The first-order valence-corrected chi connectivity index (χ1v) is 12.6. The van der Waals surface area contributed by atoms with Crippen molar-refractivity contribution >= 4 is 0 Å². The van der Waals surface area contributed by atoms with Crippen LogP contribution in [0.3, 0.4) is 0 Å². The van der Waals surface area contributed by atoms with E-state index in [-0.39, 0.29) is 6.61 Å². The van der Waals surface area contributed by atoms with Crippen LogP contribution in [0.5, 0.6) is 0 Å². The molecule has 4 aliphatic heterocycles. The van der Waals surface area contributed by atoms with Gasteiger partial charge in [0.2, 0.25) is 0 Å².